The van der Waals surface area contributed by atoms with Crippen LogP contribution in [0.15, 0.2) is 24.5 Å². The van der Waals surface area contributed by atoms with Crippen LogP contribution in [0.1, 0.15) is 6.42 Å². The van der Waals surface area contributed by atoms with Gasteiger partial charge in [0, 0.05) is 24.2 Å². The monoisotopic (exact) mass is 230 g/mol. The Labute approximate surface area is 98.9 Å². The van der Waals surface area contributed by atoms with Crippen LogP contribution >= 0.6 is 0 Å². The van der Waals surface area contributed by atoms with Gasteiger partial charge in [0.15, 0.2) is 0 Å². The summed E-state index contributed by atoms with van der Waals surface area (Å²) < 4.78 is 0. The lowest BCUT2D eigenvalue weighted by Gasteiger charge is -2.18. The molecule has 0 amide bonds. The molecule has 1 fully saturated rings. The van der Waals surface area contributed by atoms with Crippen LogP contribution in [0.3, 0.4) is 0 Å². The highest BCUT2D eigenvalue weighted by Gasteiger charge is 2.22. The lowest BCUT2D eigenvalue weighted by atomic mass is 10.2. The zero-order valence-corrected chi connectivity index (χ0v) is 9.37. The molecule has 1 atom stereocenters. The van der Waals surface area contributed by atoms with Gasteiger partial charge in [-0.3, -0.25) is 0 Å². The summed E-state index contributed by atoms with van der Waals surface area (Å²) in [5, 5.41) is 10.6. The average Bonchev–Trinajstić information content (AvgIpc) is 2.74. The number of fused-ring (bicyclic) bond motifs is 1. The quantitative estimate of drug-likeness (QED) is 0.708. The maximum Gasteiger partial charge on any atom is 0.139 e. The number of rotatable bonds is 1. The third kappa shape index (κ3) is 1.78. The van der Waals surface area contributed by atoms with E-state index in [0.717, 1.165) is 29.7 Å². The Hall–Kier alpha value is -1.88. The standard InChI is InChI=1S/C12H14N4O/c13-8-1-2-10-11(5-8)14-7-15-12(10)16-4-3-9(17)6-16/h1-2,5,7,9,17H,3-4,6,13H2. The van der Waals surface area contributed by atoms with Crippen LogP contribution in [0.4, 0.5) is 11.5 Å². The van der Waals surface area contributed by atoms with Crippen LogP contribution in [0.5, 0.6) is 0 Å². The van der Waals surface area contributed by atoms with E-state index >= 15 is 0 Å². The first kappa shape index (κ1) is 10.3. The predicted molar refractivity (Wildman–Crippen MR) is 66.8 cm³/mol. The molecule has 1 aliphatic rings. The number of β-amino-alcohol motifs (C(OH)–C–C–N with tert-alkyl or cyclic N) is 1. The molecule has 1 aromatic heterocycles. The van der Waals surface area contributed by atoms with E-state index in [1.54, 1.807) is 6.33 Å². The number of hydrogen-bond donors (Lipinski definition) is 2. The maximum absolute atomic E-state index is 9.57. The van der Waals surface area contributed by atoms with Gasteiger partial charge in [-0.15, -0.1) is 0 Å². The Morgan fingerprint density at radius 2 is 2.24 bits per heavy atom. The smallest absolute Gasteiger partial charge is 0.139 e. The van der Waals surface area contributed by atoms with Gasteiger partial charge >= 0.3 is 0 Å². The van der Waals surface area contributed by atoms with E-state index in [2.05, 4.69) is 14.9 Å². The van der Waals surface area contributed by atoms with Gasteiger partial charge in [0.25, 0.3) is 0 Å². The van der Waals surface area contributed by atoms with Crippen molar-refractivity contribution in [2.75, 3.05) is 23.7 Å². The molecule has 1 saturated heterocycles. The number of anilines is 2. The molecule has 2 heterocycles. The van der Waals surface area contributed by atoms with Gasteiger partial charge in [0.05, 0.1) is 11.6 Å². The number of hydrogen-bond acceptors (Lipinski definition) is 5. The average molecular weight is 230 g/mol. The number of aromatic nitrogens is 2. The van der Waals surface area contributed by atoms with Crippen molar-refractivity contribution in [1.29, 1.82) is 0 Å². The van der Waals surface area contributed by atoms with E-state index in [0.29, 0.717) is 12.2 Å². The van der Waals surface area contributed by atoms with Crippen molar-refractivity contribution >= 4 is 22.4 Å². The molecule has 1 aliphatic heterocycles. The molecule has 1 unspecified atom stereocenters. The number of aliphatic hydroxyl groups is 1. The summed E-state index contributed by atoms with van der Waals surface area (Å²) in [5.74, 6) is 0.881. The normalized spacial score (nSPS) is 20.1. The summed E-state index contributed by atoms with van der Waals surface area (Å²) in [4.78, 5) is 10.6. The SMILES string of the molecule is Nc1ccc2c(N3CCC(O)C3)ncnc2c1. The molecule has 0 saturated carbocycles. The van der Waals surface area contributed by atoms with Crippen LogP contribution < -0.4 is 10.6 Å². The number of nitrogen functional groups attached to an aromatic ring is 1. The van der Waals surface area contributed by atoms with Gasteiger partial charge in [0.1, 0.15) is 12.1 Å². The molecular formula is C12H14N4O. The second-order valence-corrected chi connectivity index (χ2v) is 4.36. The van der Waals surface area contributed by atoms with Crippen LogP contribution in [0.25, 0.3) is 10.9 Å². The highest BCUT2D eigenvalue weighted by Crippen LogP contribution is 2.26. The van der Waals surface area contributed by atoms with Gasteiger partial charge in [-0.2, -0.15) is 0 Å². The first-order valence-corrected chi connectivity index (χ1v) is 5.67. The first-order chi connectivity index (χ1) is 8.24. The van der Waals surface area contributed by atoms with Crippen molar-refractivity contribution in [3.63, 3.8) is 0 Å². The van der Waals surface area contributed by atoms with E-state index in [4.69, 9.17) is 5.73 Å². The zero-order valence-electron chi connectivity index (χ0n) is 9.37. The van der Waals surface area contributed by atoms with Crippen molar-refractivity contribution in [1.82, 2.24) is 9.97 Å². The largest absolute Gasteiger partial charge is 0.399 e. The zero-order chi connectivity index (χ0) is 11.8. The van der Waals surface area contributed by atoms with Gasteiger partial charge in [-0.05, 0) is 24.6 Å². The number of nitrogens with two attached hydrogens (primary N) is 1. The van der Waals surface area contributed by atoms with Gasteiger partial charge in [-0.1, -0.05) is 0 Å². The van der Waals surface area contributed by atoms with Crippen LogP contribution in [-0.4, -0.2) is 34.3 Å². The third-order valence-electron chi connectivity index (χ3n) is 3.10. The molecule has 17 heavy (non-hydrogen) atoms. The Morgan fingerprint density at radius 1 is 1.35 bits per heavy atom. The molecule has 5 nitrogen and oxygen atoms in total. The molecule has 1 aromatic carbocycles. The Kier molecular flexibility index (Phi) is 2.33. The Bertz CT molecular complexity index is 557. The van der Waals surface area contributed by atoms with E-state index in [-0.39, 0.29) is 6.10 Å². The summed E-state index contributed by atoms with van der Waals surface area (Å²) in [6, 6.07) is 5.62. The molecule has 0 aliphatic carbocycles. The number of nitrogens with zero attached hydrogens (tertiary/aromatic N) is 3. The molecule has 3 rings (SSSR count). The summed E-state index contributed by atoms with van der Waals surface area (Å²) in [6.45, 7) is 1.47. The van der Waals surface area contributed by atoms with Gasteiger partial charge < -0.3 is 15.7 Å². The minimum Gasteiger partial charge on any atom is -0.399 e. The van der Waals surface area contributed by atoms with Gasteiger partial charge in [0.2, 0.25) is 0 Å². The van der Waals surface area contributed by atoms with Crippen molar-refractivity contribution in [3.05, 3.63) is 24.5 Å². The maximum atomic E-state index is 9.57. The molecule has 3 N–H and O–H groups in total. The fourth-order valence-corrected chi connectivity index (χ4v) is 2.25. The van der Waals surface area contributed by atoms with Crippen molar-refractivity contribution in [2.45, 2.75) is 12.5 Å². The predicted octanol–water partition coefficient (Wildman–Crippen LogP) is 0.783. The second-order valence-electron chi connectivity index (χ2n) is 4.36. The van der Waals surface area contributed by atoms with Crippen molar-refractivity contribution in [2.24, 2.45) is 0 Å². The minimum atomic E-state index is -0.256. The Balaban J connectivity index is 2.10. The number of aliphatic hydroxyl groups excluding tert-OH is 1. The van der Waals surface area contributed by atoms with Crippen molar-refractivity contribution < 1.29 is 5.11 Å². The summed E-state index contributed by atoms with van der Waals surface area (Å²) in [6.07, 6.45) is 2.08. The number of benzene rings is 1. The summed E-state index contributed by atoms with van der Waals surface area (Å²) >= 11 is 0. The fraction of sp³-hybridized carbons (Fsp3) is 0.333. The molecule has 0 bridgehead atoms. The lowest BCUT2D eigenvalue weighted by Crippen LogP contribution is -2.22. The molecule has 0 radical (unpaired) electrons. The molecule has 2 aromatic rings. The molecular weight excluding hydrogens is 216 g/mol. The summed E-state index contributed by atoms with van der Waals surface area (Å²) in [7, 11) is 0. The molecule has 5 heteroatoms. The van der Waals surface area contributed by atoms with Gasteiger partial charge in [-0.25, -0.2) is 9.97 Å². The van der Waals surface area contributed by atoms with E-state index in [1.165, 1.54) is 0 Å². The fourth-order valence-electron chi connectivity index (χ4n) is 2.25. The summed E-state index contributed by atoms with van der Waals surface area (Å²) in [5.41, 5.74) is 7.28. The molecule has 88 valence electrons. The first-order valence-electron chi connectivity index (χ1n) is 5.67. The lowest BCUT2D eigenvalue weighted by molar-refractivity contribution is 0.198. The molecule has 0 spiro atoms. The Morgan fingerprint density at radius 3 is 3.00 bits per heavy atom. The van der Waals surface area contributed by atoms with Crippen LogP contribution in [0, 0.1) is 0 Å². The highest BCUT2D eigenvalue weighted by atomic mass is 16.3. The van der Waals surface area contributed by atoms with Crippen LogP contribution in [-0.2, 0) is 0 Å². The van der Waals surface area contributed by atoms with Crippen molar-refractivity contribution in [3.8, 4) is 0 Å². The topological polar surface area (TPSA) is 75.3 Å². The van der Waals surface area contributed by atoms with E-state index < -0.39 is 0 Å². The second kappa shape index (κ2) is 3.85. The van der Waals surface area contributed by atoms with Crippen LogP contribution in [0.2, 0.25) is 0 Å². The minimum absolute atomic E-state index is 0.256. The highest BCUT2D eigenvalue weighted by molar-refractivity contribution is 5.91. The van der Waals surface area contributed by atoms with E-state index in [9.17, 15) is 5.11 Å². The van der Waals surface area contributed by atoms with E-state index in [1.807, 2.05) is 18.2 Å². The third-order valence-corrected chi connectivity index (χ3v) is 3.10.